The van der Waals surface area contributed by atoms with Crippen LogP contribution in [0.15, 0.2) is 0 Å². The van der Waals surface area contributed by atoms with Crippen LogP contribution in [0.4, 0.5) is 0 Å². The Morgan fingerprint density at radius 2 is 1.96 bits per heavy atom. The molecule has 2 fully saturated rings. The number of hydrogen-bond donors (Lipinski definition) is 1. The highest BCUT2D eigenvalue weighted by Crippen LogP contribution is 2.24. The van der Waals surface area contributed by atoms with Crippen molar-refractivity contribution in [2.75, 3.05) is 6.54 Å². The van der Waals surface area contributed by atoms with Crippen LogP contribution in [0.3, 0.4) is 0 Å². The Balaban J connectivity index is 1.59. The van der Waals surface area contributed by atoms with Crippen molar-refractivity contribution in [1.29, 1.82) is 0 Å². The summed E-state index contributed by atoms with van der Waals surface area (Å²) in [6.45, 7) is 10.1. The van der Waals surface area contributed by atoms with Gasteiger partial charge >= 0.3 is 0 Å². The summed E-state index contributed by atoms with van der Waals surface area (Å²) in [6.07, 6.45) is 4.99. The Labute approximate surface area is 156 Å². The molecule has 0 aromatic carbocycles. The molecule has 1 saturated carbocycles. The van der Waals surface area contributed by atoms with E-state index in [-0.39, 0.29) is 17.9 Å². The van der Waals surface area contributed by atoms with Crippen molar-refractivity contribution in [2.24, 2.45) is 5.92 Å². The van der Waals surface area contributed by atoms with Gasteiger partial charge in [-0.3, -0.25) is 14.3 Å². The molecule has 3 rings (SSSR count). The zero-order valence-electron chi connectivity index (χ0n) is 16.5. The normalized spacial score (nSPS) is 20.0. The van der Waals surface area contributed by atoms with E-state index in [4.69, 9.17) is 0 Å². The third-order valence-electron chi connectivity index (χ3n) is 5.46. The highest BCUT2D eigenvalue weighted by atomic mass is 16.2. The predicted octanol–water partition coefficient (Wildman–Crippen LogP) is 2.36. The molecule has 2 heterocycles. The van der Waals surface area contributed by atoms with Crippen LogP contribution in [0.2, 0.25) is 0 Å². The smallest absolute Gasteiger partial charge is 0.243 e. The number of carbonyl (C=O) groups excluding carboxylic acids is 2. The third kappa shape index (κ3) is 4.27. The molecular weight excluding hydrogens is 328 g/mol. The predicted molar refractivity (Wildman–Crippen MR) is 101 cm³/mol. The van der Waals surface area contributed by atoms with Crippen LogP contribution in [0.5, 0.6) is 0 Å². The molecule has 1 N–H and O–H groups in total. The van der Waals surface area contributed by atoms with Gasteiger partial charge in [0.1, 0.15) is 6.04 Å². The molecule has 1 atom stereocenters. The molecule has 1 aliphatic heterocycles. The van der Waals surface area contributed by atoms with Crippen LogP contribution in [0.1, 0.15) is 62.9 Å². The van der Waals surface area contributed by atoms with Gasteiger partial charge in [-0.1, -0.05) is 13.8 Å². The fourth-order valence-corrected chi connectivity index (χ4v) is 3.86. The number of aromatic nitrogens is 2. The fourth-order valence-electron chi connectivity index (χ4n) is 3.86. The molecule has 0 bridgehead atoms. The van der Waals surface area contributed by atoms with E-state index in [9.17, 15) is 9.59 Å². The number of aryl methyl sites for hydroxylation is 1. The second-order valence-corrected chi connectivity index (χ2v) is 8.25. The molecule has 1 unspecified atom stereocenters. The number of nitrogens with one attached hydrogen (secondary N) is 1. The van der Waals surface area contributed by atoms with E-state index in [0.29, 0.717) is 31.3 Å². The van der Waals surface area contributed by atoms with Crippen LogP contribution in [0, 0.1) is 19.8 Å². The molecule has 1 aromatic heterocycles. The summed E-state index contributed by atoms with van der Waals surface area (Å²) >= 11 is 0. The molecule has 1 aromatic rings. The molecule has 1 saturated heterocycles. The lowest BCUT2D eigenvalue weighted by molar-refractivity contribution is -0.138. The van der Waals surface area contributed by atoms with Gasteiger partial charge in [0.2, 0.25) is 11.8 Å². The number of hydrogen-bond acceptors (Lipinski definition) is 3. The maximum atomic E-state index is 12.8. The Bertz CT molecular complexity index is 676. The molecule has 1 aliphatic carbocycles. The summed E-state index contributed by atoms with van der Waals surface area (Å²) in [4.78, 5) is 26.9. The van der Waals surface area contributed by atoms with Gasteiger partial charge in [0, 0.05) is 31.2 Å². The molecule has 26 heavy (non-hydrogen) atoms. The summed E-state index contributed by atoms with van der Waals surface area (Å²) < 4.78 is 2.06. The van der Waals surface area contributed by atoms with Crippen molar-refractivity contribution in [3.05, 3.63) is 17.0 Å². The average molecular weight is 361 g/mol. The fraction of sp³-hybridized carbons (Fsp3) is 0.750. The van der Waals surface area contributed by atoms with E-state index in [1.807, 2.05) is 6.92 Å². The lowest BCUT2D eigenvalue weighted by Gasteiger charge is -2.24. The quantitative estimate of drug-likeness (QED) is 0.812. The summed E-state index contributed by atoms with van der Waals surface area (Å²) in [6, 6.07) is 0.0751. The molecule has 0 radical (unpaired) electrons. The van der Waals surface area contributed by atoms with Crippen LogP contribution in [0.25, 0.3) is 0 Å². The largest absolute Gasteiger partial charge is 0.352 e. The second kappa shape index (κ2) is 7.80. The summed E-state index contributed by atoms with van der Waals surface area (Å²) in [7, 11) is 0. The Hall–Kier alpha value is -1.85. The number of rotatable bonds is 7. The highest BCUT2D eigenvalue weighted by Gasteiger charge is 2.36. The maximum absolute atomic E-state index is 12.8. The lowest BCUT2D eigenvalue weighted by atomic mass is 10.1. The Kier molecular flexibility index (Phi) is 5.68. The Morgan fingerprint density at radius 1 is 1.23 bits per heavy atom. The first-order chi connectivity index (χ1) is 12.4. The highest BCUT2D eigenvalue weighted by molar-refractivity contribution is 5.88. The Morgan fingerprint density at radius 3 is 2.62 bits per heavy atom. The van der Waals surface area contributed by atoms with Gasteiger partial charge in [-0.15, -0.1) is 0 Å². The first-order valence-corrected chi connectivity index (χ1v) is 9.99. The SMILES string of the molecule is Cc1nn(CC(C)C)c(C)c1CCC(=O)N1CCCC1C(=O)NC1CC1. The zero-order valence-corrected chi connectivity index (χ0v) is 16.5. The average Bonchev–Trinajstić information content (AvgIpc) is 3.17. The first-order valence-electron chi connectivity index (χ1n) is 9.99. The van der Waals surface area contributed by atoms with Gasteiger partial charge in [0.15, 0.2) is 0 Å². The van der Waals surface area contributed by atoms with Crippen molar-refractivity contribution in [1.82, 2.24) is 20.0 Å². The molecular formula is C20H32N4O2. The third-order valence-corrected chi connectivity index (χ3v) is 5.46. The molecule has 0 spiro atoms. The van der Waals surface area contributed by atoms with Gasteiger partial charge in [0.05, 0.1) is 5.69 Å². The minimum atomic E-state index is -0.269. The van der Waals surface area contributed by atoms with E-state index < -0.39 is 0 Å². The number of carbonyl (C=O) groups is 2. The lowest BCUT2D eigenvalue weighted by Crippen LogP contribution is -2.46. The minimum absolute atomic E-state index is 0.0375. The van der Waals surface area contributed by atoms with Crippen molar-refractivity contribution >= 4 is 11.8 Å². The summed E-state index contributed by atoms with van der Waals surface area (Å²) in [5.41, 5.74) is 3.35. The van der Waals surface area contributed by atoms with Crippen molar-refractivity contribution in [3.63, 3.8) is 0 Å². The molecule has 144 valence electrons. The van der Waals surface area contributed by atoms with E-state index in [1.54, 1.807) is 4.90 Å². The monoisotopic (exact) mass is 360 g/mol. The van der Waals surface area contributed by atoms with E-state index in [0.717, 1.165) is 43.6 Å². The topological polar surface area (TPSA) is 67.2 Å². The number of amides is 2. The van der Waals surface area contributed by atoms with Crippen molar-refractivity contribution in [3.8, 4) is 0 Å². The molecule has 2 amide bonds. The van der Waals surface area contributed by atoms with Crippen molar-refractivity contribution in [2.45, 2.75) is 84.8 Å². The maximum Gasteiger partial charge on any atom is 0.243 e. The van der Waals surface area contributed by atoms with Gasteiger partial charge in [0.25, 0.3) is 0 Å². The second-order valence-electron chi connectivity index (χ2n) is 8.25. The molecule has 6 heteroatoms. The summed E-state index contributed by atoms with van der Waals surface area (Å²) in [5.74, 6) is 0.669. The zero-order chi connectivity index (χ0) is 18.8. The van der Waals surface area contributed by atoms with Crippen LogP contribution in [-0.2, 0) is 22.6 Å². The van der Waals surface area contributed by atoms with Crippen LogP contribution in [-0.4, -0.2) is 45.1 Å². The van der Waals surface area contributed by atoms with Gasteiger partial charge in [-0.25, -0.2) is 0 Å². The first kappa shape index (κ1) is 18.9. The molecule has 2 aliphatic rings. The number of likely N-dealkylation sites (tertiary alicyclic amines) is 1. The minimum Gasteiger partial charge on any atom is -0.352 e. The summed E-state index contributed by atoms with van der Waals surface area (Å²) in [5, 5.41) is 7.68. The number of nitrogens with zero attached hydrogens (tertiary/aromatic N) is 3. The van der Waals surface area contributed by atoms with Crippen molar-refractivity contribution < 1.29 is 9.59 Å². The van der Waals surface area contributed by atoms with E-state index in [2.05, 4.69) is 35.9 Å². The van der Waals surface area contributed by atoms with E-state index >= 15 is 0 Å². The van der Waals surface area contributed by atoms with Gasteiger partial charge < -0.3 is 10.2 Å². The standard InChI is InChI=1S/C20H32N4O2/c1-13(2)12-24-15(4)17(14(3)22-24)9-10-19(25)23-11-5-6-18(23)20(26)21-16-7-8-16/h13,16,18H,5-12H2,1-4H3,(H,21,26). The molecule has 6 nitrogen and oxygen atoms in total. The van der Waals surface area contributed by atoms with Crippen LogP contribution < -0.4 is 5.32 Å². The van der Waals surface area contributed by atoms with E-state index in [1.165, 1.54) is 5.56 Å². The van der Waals surface area contributed by atoms with Gasteiger partial charge in [-0.2, -0.15) is 5.10 Å². The van der Waals surface area contributed by atoms with Crippen LogP contribution >= 0.6 is 0 Å². The van der Waals surface area contributed by atoms with Gasteiger partial charge in [-0.05, 0) is 57.4 Å².